The van der Waals surface area contributed by atoms with E-state index in [0.29, 0.717) is 18.2 Å². The van der Waals surface area contributed by atoms with Crippen LogP contribution < -0.4 is 0 Å². The maximum Gasteiger partial charge on any atom is 0.0707 e. The van der Waals surface area contributed by atoms with Crippen LogP contribution in [-0.4, -0.2) is 132 Å². The number of nitrogens with zero attached hydrogens (tertiary/aromatic N) is 5. The van der Waals surface area contributed by atoms with Crippen LogP contribution in [0, 0.1) is 23.7 Å². The number of likely N-dealkylation sites (tertiary alicyclic amines) is 5. The molecule has 8 fully saturated rings. The second-order valence-corrected chi connectivity index (χ2v) is 19.0. The van der Waals surface area contributed by atoms with Crippen LogP contribution in [0.3, 0.4) is 0 Å². The number of hydrogen-bond acceptors (Lipinski definition) is 6. The molecule has 8 aliphatic rings. The second kappa shape index (κ2) is 23.0. The van der Waals surface area contributed by atoms with Crippen LogP contribution in [0.15, 0.2) is 0 Å². The summed E-state index contributed by atoms with van der Waals surface area (Å²) in [7, 11) is 0. The van der Waals surface area contributed by atoms with Gasteiger partial charge in [-0.1, -0.05) is 34.6 Å². The Morgan fingerprint density at radius 3 is 1.25 bits per heavy atom. The minimum absolute atomic E-state index is 0. The highest BCUT2D eigenvalue weighted by atomic mass is 16.5. The minimum atomic E-state index is 0. The number of hydrogen-bond donors (Lipinski definition) is 0. The van der Waals surface area contributed by atoms with Crippen molar-refractivity contribution in [2.75, 3.05) is 58.9 Å². The van der Waals surface area contributed by atoms with Crippen molar-refractivity contribution in [3.05, 3.63) is 0 Å². The van der Waals surface area contributed by atoms with E-state index in [9.17, 15) is 0 Å². The molecule has 0 aromatic heterocycles. The van der Waals surface area contributed by atoms with Gasteiger partial charge in [-0.3, -0.25) is 9.80 Å². The van der Waals surface area contributed by atoms with Gasteiger partial charge in [0.25, 0.3) is 0 Å². The molecule has 0 radical (unpaired) electrons. The van der Waals surface area contributed by atoms with E-state index in [1.807, 2.05) is 0 Å². The number of ether oxygens (including phenoxy) is 1. The summed E-state index contributed by atoms with van der Waals surface area (Å²) in [4.78, 5) is 12.9. The lowest BCUT2D eigenvalue weighted by Crippen LogP contribution is -2.48. The van der Waals surface area contributed by atoms with Crippen molar-refractivity contribution in [3.8, 4) is 0 Å². The molecule has 4 bridgehead atoms. The van der Waals surface area contributed by atoms with Gasteiger partial charge in [-0.15, -0.1) is 0 Å². The third-order valence-corrected chi connectivity index (χ3v) is 13.3. The normalized spacial score (nSPS) is 32.2. The van der Waals surface area contributed by atoms with Gasteiger partial charge in [-0.25, -0.2) is 0 Å². The zero-order chi connectivity index (χ0) is 35.7. The molecule has 6 nitrogen and oxygen atoms in total. The van der Waals surface area contributed by atoms with Crippen LogP contribution in [0.4, 0.5) is 0 Å². The topological polar surface area (TPSA) is 25.4 Å². The second-order valence-electron chi connectivity index (χ2n) is 19.0. The summed E-state index contributed by atoms with van der Waals surface area (Å²) < 4.78 is 5.74. The predicted octanol–water partition coefficient (Wildman–Crippen LogP) is 9.76. The van der Waals surface area contributed by atoms with E-state index < -0.39 is 0 Å². The largest absolute Gasteiger partial charge is 0.372 e. The van der Waals surface area contributed by atoms with Crippen molar-refractivity contribution in [1.29, 1.82) is 0 Å². The molecule has 6 heterocycles. The van der Waals surface area contributed by atoms with Crippen LogP contribution in [0.1, 0.15) is 162 Å². The monoisotopic (exact) mass is 720 g/mol. The minimum Gasteiger partial charge on any atom is -0.372 e. The van der Waals surface area contributed by atoms with Crippen molar-refractivity contribution in [2.24, 2.45) is 23.7 Å². The van der Waals surface area contributed by atoms with Gasteiger partial charge in [-0.2, -0.15) is 0 Å². The maximum absolute atomic E-state index is 5.74. The molecule has 2 aliphatic carbocycles. The molecule has 0 aromatic carbocycles. The summed E-state index contributed by atoms with van der Waals surface area (Å²) in [6, 6.07) is 4.76. The Kier molecular flexibility index (Phi) is 21.1. The highest BCUT2D eigenvalue weighted by molar-refractivity contribution is 4.93. The lowest BCUT2D eigenvalue weighted by Gasteiger charge is -2.40. The lowest BCUT2D eigenvalue weighted by atomic mass is 10.0. The molecule has 304 valence electrons. The highest BCUT2D eigenvalue weighted by Gasteiger charge is 2.39. The molecule has 6 heteroatoms. The van der Waals surface area contributed by atoms with E-state index in [2.05, 4.69) is 101 Å². The average Bonchev–Trinajstić information content (AvgIpc) is 3.89. The first-order valence-electron chi connectivity index (χ1n) is 21.7. The van der Waals surface area contributed by atoms with Gasteiger partial charge in [0.05, 0.1) is 12.2 Å². The molecule has 0 spiro atoms. The predicted molar refractivity (Wildman–Crippen MR) is 225 cm³/mol. The molecule has 51 heavy (non-hydrogen) atoms. The summed E-state index contributed by atoms with van der Waals surface area (Å²) in [5.41, 5.74) is 0. The van der Waals surface area contributed by atoms with E-state index in [0.717, 1.165) is 67.0 Å². The summed E-state index contributed by atoms with van der Waals surface area (Å²) in [6.07, 6.45) is 17.0. The fourth-order valence-corrected chi connectivity index (χ4v) is 9.96. The number of morpholine rings is 1. The quantitative estimate of drug-likeness (QED) is 0.281. The zero-order valence-electron chi connectivity index (χ0n) is 34.7. The zero-order valence-corrected chi connectivity index (χ0v) is 34.7. The average molecular weight is 720 g/mol. The Morgan fingerprint density at radius 1 is 0.451 bits per heavy atom. The van der Waals surface area contributed by atoms with Crippen molar-refractivity contribution in [1.82, 2.24) is 24.5 Å². The number of rotatable bonds is 5. The van der Waals surface area contributed by atoms with Crippen molar-refractivity contribution >= 4 is 0 Å². The van der Waals surface area contributed by atoms with Crippen molar-refractivity contribution < 1.29 is 4.74 Å². The van der Waals surface area contributed by atoms with Gasteiger partial charge in [-0.05, 0) is 164 Å². The fourth-order valence-electron chi connectivity index (χ4n) is 9.96. The standard InChI is InChI=1S/C10H19N.C9H17NO.C9H17N.C8H17N.C7H15N.2CH4/c1-8(2)11-6-9-4-3-5-10(9)7-11;1-7(2)10-5-8-3-4-9(6-10)11-8;1-7(2)10-6-8-3-4-9(10)5-8;1-8(2)9-6-4-3-5-7-9;1-6(2)8-4-7(3)5-8;;/h8-10H,3-7H2,1-2H3;7-9H,3-6H2,1-2H3;7-9H,3-6H2,1-2H3;8H,3-7H2,1-2H3;6-7H,4-5H2,1-3H3;2*1H4. The molecule has 8 rings (SSSR count). The SMILES string of the molecule is C.C.CC(C)N1CC2CCC(C1)O2.CC(C)N1CC2CCC1C2.CC(C)N1CC2CCCC2C1.CC(C)N1CCCCC1.CC1CN(C(C)C)C1. The third-order valence-electron chi connectivity index (χ3n) is 13.3. The molecule has 6 unspecified atom stereocenters. The van der Waals surface area contributed by atoms with Gasteiger partial charge in [0.15, 0.2) is 0 Å². The summed E-state index contributed by atoms with van der Waals surface area (Å²) in [5, 5.41) is 0. The molecule has 6 aliphatic heterocycles. The van der Waals surface area contributed by atoms with E-state index in [4.69, 9.17) is 4.74 Å². The third kappa shape index (κ3) is 14.7. The van der Waals surface area contributed by atoms with E-state index in [1.54, 1.807) is 0 Å². The van der Waals surface area contributed by atoms with Crippen LogP contribution in [0.2, 0.25) is 0 Å². The number of fused-ring (bicyclic) bond motifs is 5. The molecule has 6 saturated heterocycles. The van der Waals surface area contributed by atoms with E-state index in [1.165, 1.54) is 116 Å². The molecule has 2 saturated carbocycles. The van der Waals surface area contributed by atoms with Crippen LogP contribution >= 0.6 is 0 Å². The Morgan fingerprint density at radius 2 is 0.922 bits per heavy atom. The molecular weight excluding hydrogens is 627 g/mol. The van der Waals surface area contributed by atoms with Crippen molar-refractivity contribution in [3.63, 3.8) is 0 Å². The molecule has 0 N–H and O–H groups in total. The Bertz CT molecular complexity index is 873. The smallest absolute Gasteiger partial charge is 0.0707 e. The van der Waals surface area contributed by atoms with E-state index in [-0.39, 0.29) is 14.9 Å². The molecule has 0 aromatic rings. The maximum atomic E-state index is 5.74. The van der Waals surface area contributed by atoms with Crippen LogP contribution in [0.25, 0.3) is 0 Å². The Labute approximate surface area is 321 Å². The van der Waals surface area contributed by atoms with E-state index >= 15 is 0 Å². The van der Waals surface area contributed by atoms with Crippen LogP contribution in [-0.2, 0) is 4.74 Å². The molecular formula is C45H93N5O. The first-order valence-corrected chi connectivity index (χ1v) is 21.7. The number of piperidine rings is 2. The van der Waals surface area contributed by atoms with Gasteiger partial charge in [0, 0.05) is 82.1 Å². The molecule has 0 amide bonds. The van der Waals surface area contributed by atoms with Gasteiger partial charge in [0.2, 0.25) is 0 Å². The summed E-state index contributed by atoms with van der Waals surface area (Å²) >= 11 is 0. The van der Waals surface area contributed by atoms with Gasteiger partial charge < -0.3 is 19.4 Å². The summed E-state index contributed by atoms with van der Waals surface area (Å²) in [5.74, 6) is 4.15. The first-order chi connectivity index (χ1) is 23.3. The van der Waals surface area contributed by atoms with Gasteiger partial charge >= 0.3 is 0 Å². The lowest BCUT2D eigenvalue weighted by molar-refractivity contribution is -0.0480. The Balaban J connectivity index is 0.000000220. The van der Waals surface area contributed by atoms with Gasteiger partial charge in [0.1, 0.15) is 0 Å². The fraction of sp³-hybridized carbons (Fsp3) is 1.00. The Hall–Kier alpha value is -0.240. The summed E-state index contributed by atoms with van der Waals surface area (Å²) in [6.45, 7) is 37.0. The first kappa shape index (κ1) is 46.9. The molecule has 6 atom stereocenters. The van der Waals surface area contributed by atoms with Crippen molar-refractivity contribution in [2.45, 2.75) is 210 Å². The van der Waals surface area contributed by atoms with Crippen LogP contribution in [0.5, 0.6) is 0 Å². The highest BCUT2D eigenvalue weighted by Crippen LogP contribution is 2.39.